The third-order valence-corrected chi connectivity index (χ3v) is 15.2. The van der Waals surface area contributed by atoms with E-state index in [1.165, 1.54) is 6.92 Å². The molecule has 0 saturated carbocycles. The highest BCUT2D eigenvalue weighted by Crippen LogP contribution is 2.65. The van der Waals surface area contributed by atoms with Crippen LogP contribution in [0, 0.1) is 0 Å². The Hall–Kier alpha value is -2.93. The molecule has 6 rings (SSSR count). The monoisotopic (exact) mass is 642 g/mol. The molecule has 0 radical (unpaired) electrons. The molecule has 3 aliphatic heterocycles. The van der Waals surface area contributed by atoms with Gasteiger partial charge in [0.2, 0.25) is 11.7 Å². The van der Waals surface area contributed by atoms with E-state index in [1.807, 2.05) is 13.1 Å². The lowest BCUT2D eigenvalue weighted by atomic mass is 9.50. The van der Waals surface area contributed by atoms with E-state index in [1.54, 1.807) is 19.9 Å². The average molecular weight is 643 g/mol. The van der Waals surface area contributed by atoms with Crippen LogP contribution >= 0.6 is 0 Å². The van der Waals surface area contributed by atoms with Crippen LogP contribution in [0.2, 0.25) is 18.1 Å². The average Bonchev–Trinajstić information content (AvgIpc) is 3.40. The summed E-state index contributed by atoms with van der Waals surface area (Å²) in [6, 6.07) is 2.94. The molecular weight excluding hydrogens is 596 g/mol. The smallest absolute Gasteiger partial charge is 0.338 e. The Morgan fingerprint density at radius 3 is 2.60 bits per heavy atom. The minimum atomic E-state index is -2.25. The van der Waals surface area contributed by atoms with Gasteiger partial charge in [-0.2, -0.15) is 0 Å². The Labute approximate surface area is 265 Å². The molecule has 6 atom stereocenters. The van der Waals surface area contributed by atoms with Crippen molar-refractivity contribution in [2.75, 3.05) is 13.6 Å². The van der Waals surface area contributed by atoms with Gasteiger partial charge < -0.3 is 38.7 Å². The lowest BCUT2D eigenvalue weighted by Crippen LogP contribution is -2.74. The van der Waals surface area contributed by atoms with Gasteiger partial charge >= 0.3 is 11.9 Å². The van der Waals surface area contributed by atoms with Crippen molar-refractivity contribution in [3.63, 3.8) is 0 Å². The SMILES string of the molecule is C[C@H](NC(=O)C[C@@H]1OC(C)(C)OC1=O)C(=O)OC1=CC[C@]2(O)C3Cc4ccc(O[Si](C)(C)C(C)(C)C)c5c4[C@@]2(CCN3C)[C@H]1O5. The van der Waals surface area contributed by atoms with Crippen LogP contribution in [0.1, 0.15) is 71.9 Å². The Morgan fingerprint density at radius 1 is 1.24 bits per heavy atom. The van der Waals surface area contributed by atoms with Crippen LogP contribution in [0.5, 0.6) is 11.5 Å². The second-order valence-electron chi connectivity index (χ2n) is 15.3. The lowest BCUT2D eigenvalue weighted by Gasteiger charge is -2.61. The quantitative estimate of drug-likeness (QED) is 0.337. The van der Waals surface area contributed by atoms with Gasteiger partial charge in [0.15, 0.2) is 18.0 Å². The summed E-state index contributed by atoms with van der Waals surface area (Å²) in [5.41, 5.74) is 0.104. The summed E-state index contributed by atoms with van der Waals surface area (Å²) in [4.78, 5) is 40.4. The number of amides is 1. The number of nitrogens with one attached hydrogen (secondary N) is 1. The number of likely N-dealkylation sites (tertiary alicyclic amines) is 1. The molecule has 0 aromatic heterocycles. The summed E-state index contributed by atoms with van der Waals surface area (Å²) in [6.07, 6.45) is 1.25. The normalized spacial score (nSPS) is 32.1. The summed E-state index contributed by atoms with van der Waals surface area (Å²) < 4.78 is 30.2. The number of benzene rings is 1. The number of hydrogen-bond acceptors (Lipinski definition) is 10. The molecule has 2 N–H and O–H groups in total. The molecule has 1 unspecified atom stereocenters. The van der Waals surface area contributed by atoms with E-state index in [0.29, 0.717) is 30.1 Å². The number of cyclic esters (lactones) is 1. The predicted molar refractivity (Wildman–Crippen MR) is 166 cm³/mol. The first-order valence-corrected chi connectivity index (χ1v) is 18.8. The standard InChI is InChI=1S/C33H46N2O9Si/c1-18(34-24(36)17-22-29(38)43-31(5,6)42-22)28(37)40-21-12-13-33(39)23-16-19-10-11-20(44-45(8,9)30(2,3)4)26-25(19)32(33,27(21)41-26)14-15-35(23)7/h10-12,18,22-23,27,39H,13-17H2,1-9H3,(H,34,36)/t18-,22-,23?,27-,32-,33-/m0/s1. The van der Waals surface area contributed by atoms with Crippen molar-refractivity contribution >= 4 is 26.2 Å². The Balaban J connectivity index is 1.27. The summed E-state index contributed by atoms with van der Waals surface area (Å²) in [5, 5.41) is 15.1. The van der Waals surface area contributed by atoms with Gasteiger partial charge in [0.1, 0.15) is 17.6 Å². The van der Waals surface area contributed by atoms with Gasteiger partial charge in [-0.15, -0.1) is 0 Å². The number of nitrogens with zero attached hydrogens (tertiary/aromatic N) is 1. The van der Waals surface area contributed by atoms with Gasteiger partial charge in [-0.1, -0.05) is 26.8 Å². The van der Waals surface area contributed by atoms with E-state index in [0.717, 1.165) is 17.7 Å². The number of carbonyl (C=O) groups excluding carboxylic acids is 3. The molecule has 2 saturated heterocycles. The molecular formula is C33H46N2O9Si. The number of piperidine rings is 1. The third-order valence-electron chi connectivity index (χ3n) is 10.9. The van der Waals surface area contributed by atoms with E-state index in [9.17, 15) is 19.5 Å². The number of esters is 2. The number of ether oxygens (including phenoxy) is 4. The van der Waals surface area contributed by atoms with Gasteiger partial charge in [0.05, 0.1) is 17.4 Å². The fraction of sp³-hybridized carbons (Fsp3) is 0.667. The number of likely N-dealkylation sites (N-methyl/N-ethyl adjacent to an activating group) is 1. The van der Waals surface area contributed by atoms with Crippen LogP contribution in [0.25, 0.3) is 0 Å². The van der Waals surface area contributed by atoms with Crippen LogP contribution < -0.4 is 14.5 Å². The predicted octanol–water partition coefficient (Wildman–Crippen LogP) is 3.46. The van der Waals surface area contributed by atoms with Crippen LogP contribution in [-0.2, 0) is 40.4 Å². The molecule has 2 aliphatic carbocycles. The number of carbonyl (C=O) groups is 3. The zero-order chi connectivity index (χ0) is 32.9. The molecule has 11 nitrogen and oxygen atoms in total. The highest BCUT2D eigenvalue weighted by Gasteiger charge is 2.72. The van der Waals surface area contributed by atoms with Crippen molar-refractivity contribution < 1.29 is 42.9 Å². The van der Waals surface area contributed by atoms with Crippen LogP contribution in [0.4, 0.5) is 0 Å². The maximum absolute atomic E-state index is 13.4. The van der Waals surface area contributed by atoms with Crippen molar-refractivity contribution in [2.24, 2.45) is 0 Å². The number of aliphatic hydroxyl groups is 1. The largest absolute Gasteiger partial charge is 0.541 e. The van der Waals surface area contributed by atoms with Gasteiger partial charge in [-0.3, -0.25) is 4.79 Å². The zero-order valence-corrected chi connectivity index (χ0v) is 28.7. The van der Waals surface area contributed by atoms with Crippen molar-refractivity contribution in [3.8, 4) is 11.5 Å². The van der Waals surface area contributed by atoms with Crippen LogP contribution in [0.15, 0.2) is 24.0 Å². The number of rotatable bonds is 7. The van der Waals surface area contributed by atoms with E-state index in [2.05, 4.69) is 50.1 Å². The molecule has 1 spiro atoms. The lowest BCUT2D eigenvalue weighted by molar-refractivity contribution is -0.170. The minimum Gasteiger partial charge on any atom is -0.541 e. The Kier molecular flexibility index (Phi) is 7.32. The van der Waals surface area contributed by atoms with Crippen molar-refractivity contribution in [1.82, 2.24) is 10.2 Å². The van der Waals surface area contributed by atoms with E-state index in [4.69, 9.17) is 23.4 Å². The summed E-state index contributed by atoms with van der Waals surface area (Å²) >= 11 is 0. The van der Waals surface area contributed by atoms with Crippen molar-refractivity contribution in [1.29, 1.82) is 0 Å². The molecule has 12 heteroatoms. The second kappa shape index (κ2) is 10.3. The van der Waals surface area contributed by atoms with Crippen molar-refractivity contribution in [2.45, 2.75) is 126 Å². The van der Waals surface area contributed by atoms with Gasteiger partial charge in [0, 0.05) is 31.9 Å². The maximum atomic E-state index is 13.4. The summed E-state index contributed by atoms with van der Waals surface area (Å²) in [6.45, 7) is 16.4. The van der Waals surface area contributed by atoms with E-state index < -0.39 is 61.2 Å². The molecule has 5 aliphatic rings. The highest BCUT2D eigenvalue weighted by molar-refractivity contribution is 6.74. The molecule has 2 bridgehead atoms. The van der Waals surface area contributed by atoms with Crippen molar-refractivity contribution in [3.05, 3.63) is 35.1 Å². The maximum Gasteiger partial charge on any atom is 0.338 e. The molecule has 1 aromatic rings. The first-order valence-electron chi connectivity index (χ1n) is 15.9. The molecule has 246 valence electrons. The number of hydrogen-bond donors (Lipinski definition) is 2. The van der Waals surface area contributed by atoms with Crippen LogP contribution in [0.3, 0.4) is 0 Å². The Morgan fingerprint density at radius 2 is 1.96 bits per heavy atom. The fourth-order valence-corrected chi connectivity index (χ4v) is 8.53. The molecule has 3 heterocycles. The minimum absolute atomic E-state index is 0.0414. The first kappa shape index (κ1) is 32.0. The summed E-state index contributed by atoms with van der Waals surface area (Å²) in [5.74, 6) is -1.35. The van der Waals surface area contributed by atoms with Gasteiger partial charge in [-0.25, -0.2) is 9.59 Å². The highest BCUT2D eigenvalue weighted by atomic mass is 28.4. The van der Waals surface area contributed by atoms with Gasteiger partial charge in [-0.05, 0) is 69.2 Å². The first-order chi connectivity index (χ1) is 20.8. The molecule has 45 heavy (non-hydrogen) atoms. The summed E-state index contributed by atoms with van der Waals surface area (Å²) in [7, 11) is -0.202. The van der Waals surface area contributed by atoms with E-state index in [-0.39, 0.29) is 23.9 Å². The third kappa shape index (κ3) is 4.90. The van der Waals surface area contributed by atoms with E-state index >= 15 is 0 Å². The zero-order valence-electron chi connectivity index (χ0n) is 27.7. The Bertz CT molecular complexity index is 1480. The second-order valence-corrected chi connectivity index (χ2v) is 20.0. The molecule has 2 fully saturated rings. The fourth-order valence-electron chi connectivity index (χ4n) is 7.52. The van der Waals surface area contributed by atoms with Gasteiger partial charge in [0.25, 0.3) is 8.32 Å². The van der Waals surface area contributed by atoms with Crippen LogP contribution in [-0.4, -0.2) is 85.4 Å². The topological polar surface area (TPSA) is 133 Å². The molecule has 1 aromatic carbocycles. The molecule has 1 amide bonds.